The maximum Gasteiger partial charge on any atom is 0.194 e. The van der Waals surface area contributed by atoms with Crippen LogP contribution in [0.5, 0.6) is 0 Å². The zero-order valence-corrected chi connectivity index (χ0v) is 17.6. The van der Waals surface area contributed by atoms with Gasteiger partial charge in [-0.25, -0.2) is 0 Å². The Balaban J connectivity index is 0.00000208. The maximum absolute atomic E-state index is 6.00. The van der Waals surface area contributed by atoms with Crippen LogP contribution in [0.3, 0.4) is 0 Å². The highest BCUT2D eigenvalue weighted by molar-refractivity contribution is 14.0. The fourth-order valence-corrected chi connectivity index (χ4v) is 4.45. The van der Waals surface area contributed by atoms with Gasteiger partial charge in [-0.05, 0) is 12.8 Å². The predicted molar refractivity (Wildman–Crippen MR) is 105 cm³/mol. The molecule has 1 saturated carbocycles. The van der Waals surface area contributed by atoms with E-state index in [1.54, 1.807) is 7.11 Å². The molecule has 24 heavy (non-hydrogen) atoms. The summed E-state index contributed by atoms with van der Waals surface area (Å²) in [5.74, 6) is 1.59. The summed E-state index contributed by atoms with van der Waals surface area (Å²) in [7, 11) is 3.58. The number of hydrogen-bond donors (Lipinski definition) is 1. The average molecular weight is 453 g/mol. The Morgan fingerprint density at radius 1 is 1.33 bits per heavy atom. The molecule has 1 aliphatic carbocycles. The zero-order valence-electron chi connectivity index (χ0n) is 15.3. The van der Waals surface area contributed by atoms with Gasteiger partial charge >= 0.3 is 0 Å². The molecule has 3 aliphatic rings. The molecule has 4 unspecified atom stereocenters. The first-order valence-corrected chi connectivity index (χ1v) is 8.78. The Morgan fingerprint density at radius 3 is 2.83 bits per heavy atom. The van der Waals surface area contributed by atoms with Gasteiger partial charge in [0.1, 0.15) is 0 Å². The van der Waals surface area contributed by atoms with Crippen molar-refractivity contribution in [3.63, 3.8) is 0 Å². The van der Waals surface area contributed by atoms with Gasteiger partial charge in [0.2, 0.25) is 0 Å². The number of nitrogens with zero attached hydrogens (tertiary/aromatic N) is 2. The van der Waals surface area contributed by atoms with E-state index < -0.39 is 0 Å². The third kappa shape index (κ3) is 3.83. The summed E-state index contributed by atoms with van der Waals surface area (Å²) in [6.45, 7) is 8.56. The lowest BCUT2D eigenvalue weighted by Gasteiger charge is -2.60. The summed E-state index contributed by atoms with van der Waals surface area (Å²) < 4.78 is 17.0. The SMILES string of the molecule is CN=C(NC1C2CCCOC2C1(C)C)N1CCOC(COC)C1.I. The zero-order chi connectivity index (χ0) is 16.4. The highest BCUT2D eigenvalue weighted by atomic mass is 127. The van der Waals surface area contributed by atoms with Crippen molar-refractivity contribution < 1.29 is 14.2 Å². The molecule has 0 aromatic heterocycles. The Kier molecular flexibility index (Phi) is 7.16. The first kappa shape index (κ1) is 20.2. The number of methoxy groups -OCH3 is 1. The van der Waals surface area contributed by atoms with Crippen LogP contribution in [0.4, 0.5) is 0 Å². The molecule has 6 nitrogen and oxygen atoms in total. The van der Waals surface area contributed by atoms with Crippen molar-refractivity contribution in [3.05, 3.63) is 0 Å². The smallest absolute Gasteiger partial charge is 0.194 e. The highest BCUT2D eigenvalue weighted by Gasteiger charge is 2.58. The quantitative estimate of drug-likeness (QED) is 0.401. The lowest BCUT2D eigenvalue weighted by atomic mass is 9.55. The summed E-state index contributed by atoms with van der Waals surface area (Å²) in [4.78, 5) is 6.82. The second kappa shape index (κ2) is 8.51. The Hall–Kier alpha value is -0.120. The molecule has 7 heteroatoms. The molecule has 0 amide bonds. The van der Waals surface area contributed by atoms with E-state index in [9.17, 15) is 0 Å². The van der Waals surface area contributed by atoms with Crippen LogP contribution >= 0.6 is 24.0 Å². The van der Waals surface area contributed by atoms with Crippen LogP contribution in [-0.2, 0) is 14.2 Å². The van der Waals surface area contributed by atoms with Crippen molar-refractivity contribution in [3.8, 4) is 0 Å². The molecule has 2 heterocycles. The minimum Gasteiger partial charge on any atom is -0.382 e. The molecule has 2 aliphatic heterocycles. The van der Waals surface area contributed by atoms with E-state index in [4.69, 9.17) is 14.2 Å². The van der Waals surface area contributed by atoms with Gasteiger partial charge < -0.3 is 24.4 Å². The molecule has 0 bridgehead atoms. The van der Waals surface area contributed by atoms with E-state index in [-0.39, 0.29) is 35.5 Å². The van der Waals surface area contributed by atoms with Crippen LogP contribution in [0.25, 0.3) is 0 Å². The fraction of sp³-hybridized carbons (Fsp3) is 0.941. The second-order valence-electron chi connectivity index (χ2n) is 7.48. The first-order chi connectivity index (χ1) is 11.1. The average Bonchev–Trinajstić information content (AvgIpc) is 2.56. The van der Waals surface area contributed by atoms with E-state index in [1.807, 2.05) is 7.05 Å². The van der Waals surface area contributed by atoms with Crippen LogP contribution in [0, 0.1) is 11.3 Å². The van der Waals surface area contributed by atoms with Crippen LogP contribution in [0.15, 0.2) is 4.99 Å². The minimum absolute atomic E-state index is 0. The van der Waals surface area contributed by atoms with Crippen molar-refractivity contribution in [1.29, 1.82) is 0 Å². The van der Waals surface area contributed by atoms with Gasteiger partial charge in [0, 0.05) is 51.2 Å². The monoisotopic (exact) mass is 453 g/mol. The van der Waals surface area contributed by atoms with E-state index >= 15 is 0 Å². The number of fused-ring (bicyclic) bond motifs is 1. The summed E-state index contributed by atoms with van der Waals surface area (Å²) in [6, 6.07) is 0.426. The molecule has 140 valence electrons. The lowest BCUT2D eigenvalue weighted by Crippen LogP contribution is -2.71. The van der Waals surface area contributed by atoms with Crippen LogP contribution in [0.2, 0.25) is 0 Å². The van der Waals surface area contributed by atoms with Crippen molar-refractivity contribution in [2.75, 3.05) is 47.1 Å². The number of aliphatic imine (C=N–C) groups is 1. The minimum atomic E-state index is 0. The van der Waals surface area contributed by atoms with Crippen LogP contribution in [-0.4, -0.2) is 76.2 Å². The lowest BCUT2D eigenvalue weighted by molar-refractivity contribution is -0.189. The highest BCUT2D eigenvalue weighted by Crippen LogP contribution is 2.51. The number of guanidine groups is 1. The molecule has 1 N–H and O–H groups in total. The van der Waals surface area contributed by atoms with Crippen molar-refractivity contribution in [1.82, 2.24) is 10.2 Å². The summed E-state index contributed by atoms with van der Waals surface area (Å²) in [5, 5.41) is 3.72. The van der Waals surface area contributed by atoms with E-state index in [0.29, 0.717) is 24.7 Å². The molecule has 0 spiro atoms. The number of nitrogens with one attached hydrogen (secondary N) is 1. The molecule has 3 rings (SSSR count). The molecular formula is C17H32IN3O3. The van der Waals surface area contributed by atoms with E-state index in [0.717, 1.165) is 32.3 Å². The Morgan fingerprint density at radius 2 is 2.12 bits per heavy atom. The molecular weight excluding hydrogens is 421 g/mol. The van der Waals surface area contributed by atoms with E-state index in [1.165, 1.54) is 12.8 Å². The predicted octanol–water partition coefficient (Wildman–Crippen LogP) is 1.73. The number of morpholine rings is 1. The molecule has 0 aromatic carbocycles. The third-order valence-electron chi connectivity index (χ3n) is 5.62. The standard InChI is InChI=1S/C17H31N3O3.HI/c1-17(2)14(13-6-5-8-23-15(13)17)19-16(18-3)20-7-9-22-12(10-20)11-21-4;/h12-15H,5-11H2,1-4H3,(H,18,19);1H. The van der Waals surface area contributed by atoms with Crippen LogP contribution in [0.1, 0.15) is 26.7 Å². The number of rotatable bonds is 3. The van der Waals surface area contributed by atoms with Crippen molar-refractivity contribution in [2.45, 2.75) is 44.9 Å². The number of hydrogen-bond acceptors (Lipinski definition) is 4. The second-order valence-corrected chi connectivity index (χ2v) is 7.48. The van der Waals surface area contributed by atoms with Gasteiger partial charge in [0.05, 0.1) is 25.4 Å². The van der Waals surface area contributed by atoms with Gasteiger partial charge in [-0.1, -0.05) is 13.8 Å². The van der Waals surface area contributed by atoms with Crippen molar-refractivity contribution >= 4 is 29.9 Å². The summed E-state index contributed by atoms with van der Waals surface area (Å²) >= 11 is 0. The fourth-order valence-electron chi connectivity index (χ4n) is 4.45. The van der Waals surface area contributed by atoms with Crippen molar-refractivity contribution in [2.24, 2.45) is 16.3 Å². The first-order valence-electron chi connectivity index (χ1n) is 8.78. The molecule has 0 aromatic rings. The third-order valence-corrected chi connectivity index (χ3v) is 5.62. The molecule has 0 radical (unpaired) electrons. The Bertz CT molecular complexity index is 445. The van der Waals surface area contributed by atoms with Gasteiger partial charge in [-0.15, -0.1) is 24.0 Å². The van der Waals surface area contributed by atoms with Gasteiger partial charge in [0.15, 0.2) is 5.96 Å². The van der Waals surface area contributed by atoms with E-state index in [2.05, 4.69) is 29.1 Å². The Labute approximate surface area is 162 Å². The maximum atomic E-state index is 6.00. The van der Waals surface area contributed by atoms with Gasteiger partial charge in [-0.3, -0.25) is 4.99 Å². The molecule has 4 atom stereocenters. The summed E-state index contributed by atoms with van der Waals surface area (Å²) in [5.41, 5.74) is 0.152. The number of ether oxygens (including phenoxy) is 3. The molecule has 2 saturated heterocycles. The topological polar surface area (TPSA) is 55.3 Å². The number of halogens is 1. The summed E-state index contributed by atoms with van der Waals surface area (Å²) in [6.07, 6.45) is 2.92. The van der Waals surface area contributed by atoms with Crippen LogP contribution < -0.4 is 5.32 Å². The van der Waals surface area contributed by atoms with Gasteiger partial charge in [-0.2, -0.15) is 0 Å². The molecule has 3 fully saturated rings. The normalized spacial score (nSPS) is 35.5. The largest absolute Gasteiger partial charge is 0.382 e. The van der Waals surface area contributed by atoms with Gasteiger partial charge in [0.25, 0.3) is 0 Å².